The first-order chi connectivity index (χ1) is 12.3. The van der Waals surface area contributed by atoms with E-state index in [1.165, 1.54) is 11.1 Å². The maximum atomic E-state index is 10.3. The lowest BCUT2D eigenvalue weighted by Gasteiger charge is -2.30. The number of β-amino-alcohol motifs (C(OH)–C–C–N with tert-alkyl or cyclic N) is 1. The molecule has 0 aliphatic carbocycles. The van der Waals surface area contributed by atoms with Crippen molar-refractivity contribution in [2.45, 2.75) is 25.7 Å². The minimum absolute atomic E-state index is 0. The predicted octanol–water partition coefficient (Wildman–Crippen LogP) is 2.77. The first kappa shape index (κ1) is 19.0. The van der Waals surface area contributed by atoms with Crippen LogP contribution in [0.2, 0.25) is 0 Å². The van der Waals surface area contributed by atoms with Crippen LogP contribution in [0.25, 0.3) is 0 Å². The molecular formula is C20H24ClNO4. The zero-order chi connectivity index (χ0) is 17.1. The molecule has 1 atom stereocenters. The fourth-order valence-corrected chi connectivity index (χ4v) is 3.40. The van der Waals surface area contributed by atoms with Gasteiger partial charge in [-0.05, 0) is 35.2 Å². The zero-order valence-electron chi connectivity index (χ0n) is 14.6. The van der Waals surface area contributed by atoms with E-state index in [4.69, 9.17) is 14.2 Å². The molecule has 2 aliphatic heterocycles. The molecule has 6 heteroatoms. The molecule has 0 fully saturated rings. The largest absolute Gasteiger partial charge is 0.454 e. The van der Waals surface area contributed by atoms with Gasteiger partial charge in [0.1, 0.15) is 0 Å². The summed E-state index contributed by atoms with van der Waals surface area (Å²) in [7, 11) is 0. The van der Waals surface area contributed by atoms with Gasteiger partial charge >= 0.3 is 0 Å². The topological polar surface area (TPSA) is 51.2 Å². The lowest BCUT2D eigenvalue weighted by atomic mass is 10.00. The van der Waals surface area contributed by atoms with Crippen molar-refractivity contribution in [3.05, 3.63) is 59.2 Å². The fraction of sp³-hybridized carbons (Fsp3) is 0.400. The van der Waals surface area contributed by atoms with E-state index in [-0.39, 0.29) is 19.2 Å². The molecule has 2 aromatic rings. The SMILES string of the molecule is Cl.OC(COCc1ccc2c(c1)OCO2)CN1CCc2ccccc2C1. The lowest BCUT2D eigenvalue weighted by Crippen LogP contribution is -2.38. The van der Waals surface area contributed by atoms with Crippen molar-refractivity contribution in [3.63, 3.8) is 0 Å². The molecular weight excluding hydrogens is 354 g/mol. The van der Waals surface area contributed by atoms with Crippen molar-refractivity contribution < 1.29 is 19.3 Å². The van der Waals surface area contributed by atoms with Crippen LogP contribution in [-0.2, 0) is 24.3 Å². The van der Waals surface area contributed by atoms with Crippen molar-refractivity contribution >= 4 is 12.4 Å². The smallest absolute Gasteiger partial charge is 0.231 e. The van der Waals surface area contributed by atoms with E-state index in [1.54, 1.807) is 0 Å². The molecule has 0 aromatic heterocycles. The maximum absolute atomic E-state index is 10.3. The summed E-state index contributed by atoms with van der Waals surface area (Å²) in [5.74, 6) is 1.53. The summed E-state index contributed by atoms with van der Waals surface area (Å²) in [6, 6.07) is 14.3. The van der Waals surface area contributed by atoms with Crippen molar-refractivity contribution in [1.82, 2.24) is 4.90 Å². The highest BCUT2D eigenvalue weighted by Gasteiger charge is 2.18. The molecule has 2 aliphatic rings. The Balaban J connectivity index is 0.00000196. The Morgan fingerprint density at radius 2 is 1.88 bits per heavy atom. The van der Waals surface area contributed by atoms with Crippen molar-refractivity contribution in [3.8, 4) is 11.5 Å². The van der Waals surface area contributed by atoms with Gasteiger partial charge in [0.2, 0.25) is 6.79 Å². The third kappa shape index (κ3) is 4.48. The monoisotopic (exact) mass is 377 g/mol. The van der Waals surface area contributed by atoms with Crippen LogP contribution in [0, 0.1) is 0 Å². The Morgan fingerprint density at radius 3 is 2.77 bits per heavy atom. The van der Waals surface area contributed by atoms with Crippen LogP contribution in [0.1, 0.15) is 16.7 Å². The minimum atomic E-state index is -0.487. The van der Waals surface area contributed by atoms with Crippen LogP contribution in [-0.4, -0.2) is 42.6 Å². The Kier molecular flexibility index (Phi) is 6.38. The number of hydrogen-bond donors (Lipinski definition) is 1. The second-order valence-electron chi connectivity index (χ2n) is 6.61. The molecule has 140 valence electrons. The first-order valence-corrected chi connectivity index (χ1v) is 8.71. The number of aliphatic hydroxyl groups excluding tert-OH is 1. The normalized spacial score (nSPS) is 16.7. The lowest BCUT2D eigenvalue weighted by molar-refractivity contribution is 0.00772. The molecule has 0 amide bonds. The zero-order valence-corrected chi connectivity index (χ0v) is 15.4. The number of rotatable bonds is 6. The Morgan fingerprint density at radius 1 is 1.08 bits per heavy atom. The van der Waals surface area contributed by atoms with Gasteiger partial charge in [-0.2, -0.15) is 0 Å². The Labute approximate surface area is 159 Å². The number of halogens is 1. The minimum Gasteiger partial charge on any atom is -0.454 e. The molecule has 1 N–H and O–H groups in total. The van der Waals surface area contributed by atoms with Crippen molar-refractivity contribution in [2.75, 3.05) is 26.5 Å². The molecule has 0 saturated carbocycles. The van der Waals surface area contributed by atoms with E-state index in [0.29, 0.717) is 19.8 Å². The van der Waals surface area contributed by atoms with Gasteiger partial charge < -0.3 is 19.3 Å². The van der Waals surface area contributed by atoms with Crippen LogP contribution in [0.3, 0.4) is 0 Å². The molecule has 2 heterocycles. The second-order valence-corrected chi connectivity index (χ2v) is 6.61. The molecule has 0 radical (unpaired) electrons. The van der Waals surface area contributed by atoms with Crippen LogP contribution in [0.4, 0.5) is 0 Å². The highest BCUT2D eigenvalue weighted by Crippen LogP contribution is 2.32. The molecule has 5 nitrogen and oxygen atoms in total. The van der Waals surface area contributed by atoms with E-state index in [2.05, 4.69) is 29.2 Å². The van der Waals surface area contributed by atoms with Crippen LogP contribution in [0.5, 0.6) is 11.5 Å². The summed E-state index contributed by atoms with van der Waals surface area (Å²) in [4.78, 5) is 2.29. The molecule has 4 rings (SSSR count). The summed E-state index contributed by atoms with van der Waals surface area (Å²) >= 11 is 0. The highest BCUT2D eigenvalue weighted by atomic mass is 35.5. The highest BCUT2D eigenvalue weighted by molar-refractivity contribution is 5.85. The summed E-state index contributed by atoms with van der Waals surface area (Å²) in [5, 5.41) is 10.3. The number of hydrogen-bond acceptors (Lipinski definition) is 5. The van der Waals surface area contributed by atoms with Crippen molar-refractivity contribution in [1.29, 1.82) is 0 Å². The molecule has 1 unspecified atom stereocenters. The third-order valence-corrected chi connectivity index (χ3v) is 4.69. The van der Waals surface area contributed by atoms with Gasteiger partial charge in [0.15, 0.2) is 11.5 Å². The summed E-state index contributed by atoms with van der Waals surface area (Å²) in [5.41, 5.74) is 3.80. The average molecular weight is 378 g/mol. The van der Waals surface area contributed by atoms with Crippen LogP contribution < -0.4 is 9.47 Å². The van der Waals surface area contributed by atoms with Gasteiger partial charge in [0.25, 0.3) is 0 Å². The Bertz CT molecular complexity index is 740. The summed E-state index contributed by atoms with van der Waals surface area (Å²) in [6.45, 7) is 3.57. The maximum Gasteiger partial charge on any atom is 0.231 e. The van der Waals surface area contributed by atoms with Gasteiger partial charge in [-0.1, -0.05) is 30.3 Å². The number of ether oxygens (including phenoxy) is 3. The van der Waals surface area contributed by atoms with E-state index < -0.39 is 6.10 Å². The van der Waals surface area contributed by atoms with Gasteiger partial charge in [0.05, 0.1) is 19.3 Å². The van der Waals surface area contributed by atoms with E-state index in [0.717, 1.165) is 36.6 Å². The summed E-state index contributed by atoms with van der Waals surface area (Å²) in [6.07, 6.45) is 0.556. The number of fused-ring (bicyclic) bond motifs is 2. The Hall–Kier alpha value is -1.79. The van der Waals surface area contributed by atoms with Crippen LogP contribution in [0.15, 0.2) is 42.5 Å². The van der Waals surface area contributed by atoms with Gasteiger partial charge in [-0.15, -0.1) is 12.4 Å². The quantitative estimate of drug-likeness (QED) is 0.838. The first-order valence-electron chi connectivity index (χ1n) is 8.71. The molecule has 0 bridgehead atoms. The van der Waals surface area contributed by atoms with Gasteiger partial charge in [-0.25, -0.2) is 0 Å². The molecule has 2 aromatic carbocycles. The van der Waals surface area contributed by atoms with Crippen molar-refractivity contribution in [2.24, 2.45) is 0 Å². The molecule has 0 saturated heterocycles. The van der Waals surface area contributed by atoms with Gasteiger partial charge in [-0.3, -0.25) is 4.90 Å². The van der Waals surface area contributed by atoms with E-state index >= 15 is 0 Å². The molecule has 0 spiro atoms. The number of nitrogens with zero attached hydrogens (tertiary/aromatic N) is 1. The van der Waals surface area contributed by atoms with E-state index in [1.807, 2.05) is 18.2 Å². The number of benzene rings is 2. The average Bonchev–Trinajstić information content (AvgIpc) is 3.09. The van der Waals surface area contributed by atoms with Gasteiger partial charge in [0, 0.05) is 19.6 Å². The summed E-state index contributed by atoms with van der Waals surface area (Å²) < 4.78 is 16.3. The van der Waals surface area contributed by atoms with E-state index in [9.17, 15) is 5.11 Å². The standard InChI is InChI=1S/C20H23NO4.ClH/c22-18(11-21-8-7-16-3-1-2-4-17(16)10-21)13-23-12-15-5-6-19-20(9-15)25-14-24-19;/h1-6,9,18,22H,7-8,10-14H2;1H. The van der Waals surface area contributed by atoms with Crippen LogP contribution >= 0.6 is 12.4 Å². The second kappa shape index (κ2) is 8.73. The third-order valence-electron chi connectivity index (χ3n) is 4.69. The molecule has 26 heavy (non-hydrogen) atoms. The number of aliphatic hydroxyl groups is 1. The predicted molar refractivity (Wildman–Crippen MR) is 101 cm³/mol. The fourth-order valence-electron chi connectivity index (χ4n) is 3.40.